The molecule has 0 spiro atoms. The SMILES string of the molecule is COc1cc(C(=O)O)cc2n[nH]c(C)c12. The molecule has 1 heterocycles. The zero-order valence-corrected chi connectivity index (χ0v) is 8.37. The van der Waals surface area contributed by atoms with Crippen LogP contribution in [0.4, 0.5) is 0 Å². The third kappa shape index (κ3) is 1.41. The standard InChI is InChI=1S/C10H10N2O3/c1-5-9-7(12-11-5)3-6(10(13)14)4-8(9)15-2/h3-4H,1-2H3,(H,11,12)(H,13,14). The van der Waals surface area contributed by atoms with E-state index in [1.807, 2.05) is 6.92 Å². The van der Waals surface area contributed by atoms with Crippen LogP contribution in [-0.2, 0) is 0 Å². The van der Waals surface area contributed by atoms with Crippen LogP contribution in [0.25, 0.3) is 10.9 Å². The van der Waals surface area contributed by atoms with Crippen LogP contribution in [0.5, 0.6) is 5.75 Å². The highest BCUT2D eigenvalue weighted by Gasteiger charge is 2.13. The van der Waals surface area contributed by atoms with Crippen molar-refractivity contribution in [2.24, 2.45) is 0 Å². The van der Waals surface area contributed by atoms with Crippen molar-refractivity contribution in [2.75, 3.05) is 7.11 Å². The summed E-state index contributed by atoms with van der Waals surface area (Å²) in [7, 11) is 1.51. The van der Waals surface area contributed by atoms with E-state index in [9.17, 15) is 4.79 Å². The van der Waals surface area contributed by atoms with Gasteiger partial charge in [-0.15, -0.1) is 0 Å². The van der Waals surface area contributed by atoms with E-state index < -0.39 is 5.97 Å². The lowest BCUT2D eigenvalue weighted by Gasteiger charge is -2.03. The molecule has 2 rings (SSSR count). The van der Waals surface area contributed by atoms with Gasteiger partial charge in [0.2, 0.25) is 0 Å². The number of aryl methyl sites for hydroxylation is 1. The molecule has 0 aliphatic carbocycles. The van der Waals surface area contributed by atoms with Crippen LogP contribution in [-0.4, -0.2) is 28.4 Å². The van der Waals surface area contributed by atoms with Gasteiger partial charge in [-0.1, -0.05) is 0 Å². The molecule has 0 amide bonds. The summed E-state index contributed by atoms with van der Waals surface area (Å²) in [5.41, 5.74) is 1.63. The Balaban J connectivity index is 2.79. The van der Waals surface area contributed by atoms with Crippen molar-refractivity contribution in [1.82, 2.24) is 10.2 Å². The molecule has 1 aromatic carbocycles. The van der Waals surface area contributed by atoms with Gasteiger partial charge < -0.3 is 9.84 Å². The maximum Gasteiger partial charge on any atom is 0.335 e. The van der Waals surface area contributed by atoms with E-state index in [0.717, 1.165) is 11.1 Å². The number of rotatable bonds is 2. The van der Waals surface area contributed by atoms with Gasteiger partial charge in [0, 0.05) is 5.69 Å². The summed E-state index contributed by atoms with van der Waals surface area (Å²) >= 11 is 0. The first-order chi connectivity index (χ1) is 7.13. The molecule has 2 aromatic rings. The average Bonchev–Trinajstić information content (AvgIpc) is 2.59. The van der Waals surface area contributed by atoms with Crippen LogP contribution < -0.4 is 4.74 Å². The Morgan fingerprint density at radius 3 is 2.87 bits per heavy atom. The quantitative estimate of drug-likeness (QED) is 0.782. The third-order valence-electron chi connectivity index (χ3n) is 2.27. The minimum absolute atomic E-state index is 0.172. The normalized spacial score (nSPS) is 10.5. The summed E-state index contributed by atoms with van der Waals surface area (Å²) in [4.78, 5) is 10.8. The predicted octanol–water partition coefficient (Wildman–Crippen LogP) is 1.58. The number of hydrogen-bond acceptors (Lipinski definition) is 3. The lowest BCUT2D eigenvalue weighted by Crippen LogP contribution is -1.97. The molecule has 0 aliphatic rings. The molecule has 5 heteroatoms. The zero-order chi connectivity index (χ0) is 11.0. The number of carboxylic acids is 1. The van der Waals surface area contributed by atoms with Crippen LogP contribution in [0.1, 0.15) is 16.1 Å². The second-order valence-electron chi connectivity index (χ2n) is 3.23. The summed E-state index contributed by atoms with van der Waals surface area (Å²) in [6.45, 7) is 1.86. The molecular formula is C10H10N2O3. The summed E-state index contributed by atoms with van der Waals surface area (Å²) in [6.07, 6.45) is 0. The topological polar surface area (TPSA) is 75.2 Å². The number of methoxy groups -OCH3 is 1. The van der Waals surface area contributed by atoms with Crippen LogP contribution >= 0.6 is 0 Å². The molecule has 78 valence electrons. The number of aromatic carboxylic acids is 1. The predicted molar refractivity (Wildman–Crippen MR) is 54.3 cm³/mol. The summed E-state index contributed by atoms with van der Waals surface area (Å²) < 4.78 is 5.13. The minimum Gasteiger partial charge on any atom is -0.496 e. The third-order valence-corrected chi connectivity index (χ3v) is 2.27. The Morgan fingerprint density at radius 1 is 1.53 bits per heavy atom. The van der Waals surface area contributed by atoms with Gasteiger partial charge >= 0.3 is 5.97 Å². The number of carboxylic acid groups (broad SMARTS) is 1. The number of H-pyrrole nitrogens is 1. The molecule has 5 nitrogen and oxygen atoms in total. The number of ether oxygens (including phenoxy) is 1. The van der Waals surface area contributed by atoms with Crippen LogP contribution in [0.2, 0.25) is 0 Å². The number of carbonyl (C=O) groups is 1. The number of fused-ring (bicyclic) bond motifs is 1. The fourth-order valence-electron chi connectivity index (χ4n) is 1.55. The van der Waals surface area contributed by atoms with E-state index in [2.05, 4.69) is 10.2 Å². The van der Waals surface area contributed by atoms with E-state index in [0.29, 0.717) is 11.3 Å². The number of benzene rings is 1. The number of nitrogens with one attached hydrogen (secondary N) is 1. The van der Waals surface area contributed by atoms with Crippen LogP contribution in [0.3, 0.4) is 0 Å². The molecule has 0 fully saturated rings. The van der Waals surface area contributed by atoms with Gasteiger partial charge in [-0.05, 0) is 19.1 Å². The molecule has 1 aromatic heterocycles. The first-order valence-electron chi connectivity index (χ1n) is 4.39. The Hall–Kier alpha value is -2.04. The molecule has 0 radical (unpaired) electrons. The molecule has 0 atom stereocenters. The molecular weight excluding hydrogens is 196 g/mol. The molecule has 0 unspecified atom stereocenters. The van der Waals surface area contributed by atoms with Gasteiger partial charge in [-0.25, -0.2) is 4.79 Å². The molecule has 0 bridgehead atoms. The van der Waals surface area contributed by atoms with Gasteiger partial charge in [0.1, 0.15) is 5.75 Å². The van der Waals surface area contributed by atoms with E-state index >= 15 is 0 Å². The highest BCUT2D eigenvalue weighted by atomic mass is 16.5. The van der Waals surface area contributed by atoms with Crippen molar-refractivity contribution in [1.29, 1.82) is 0 Å². The van der Waals surface area contributed by atoms with Gasteiger partial charge in [0.15, 0.2) is 0 Å². The van der Waals surface area contributed by atoms with E-state index in [4.69, 9.17) is 9.84 Å². The Labute approximate surface area is 85.7 Å². The Kier molecular flexibility index (Phi) is 2.07. The van der Waals surface area contributed by atoms with Crippen molar-refractivity contribution in [2.45, 2.75) is 6.92 Å². The van der Waals surface area contributed by atoms with Crippen molar-refractivity contribution in [3.63, 3.8) is 0 Å². The summed E-state index contributed by atoms with van der Waals surface area (Å²) in [6, 6.07) is 3.01. The summed E-state index contributed by atoms with van der Waals surface area (Å²) in [5.74, 6) is -0.466. The molecule has 2 N–H and O–H groups in total. The highest BCUT2D eigenvalue weighted by Crippen LogP contribution is 2.28. The number of nitrogens with zero attached hydrogens (tertiary/aromatic N) is 1. The number of aromatic amines is 1. The number of hydrogen-bond donors (Lipinski definition) is 2. The molecule has 15 heavy (non-hydrogen) atoms. The largest absolute Gasteiger partial charge is 0.496 e. The lowest BCUT2D eigenvalue weighted by atomic mass is 10.1. The number of aromatic nitrogens is 2. The van der Waals surface area contributed by atoms with Crippen LogP contribution in [0.15, 0.2) is 12.1 Å². The minimum atomic E-state index is -0.990. The maximum absolute atomic E-state index is 10.8. The van der Waals surface area contributed by atoms with E-state index in [-0.39, 0.29) is 5.56 Å². The van der Waals surface area contributed by atoms with Gasteiger partial charge in [0.05, 0.1) is 23.6 Å². The van der Waals surface area contributed by atoms with Gasteiger partial charge in [-0.3, -0.25) is 5.10 Å². The Morgan fingerprint density at radius 2 is 2.27 bits per heavy atom. The Bertz CT molecular complexity index is 531. The fraction of sp³-hybridized carbons (Fsp3) is 0.200. The first-order valence-corrected chi connectivity index (χ1v) is 4.39. The lowest BCUT2D eigenvalue weighted by molar-refractivity contribution is 0.0696. The molecule has 0 aliphatic heterocycles. The molecule has 0 saturated heterocycles. The summed E-state index contributed by atoms with van der Waals surface area (Å²) in [5, 5.41) is 16.5. The maximum atomic E-state index is 10.8. The van der Waals surface area contributed by atoms with Crippen molar-refractivity contribution >= 4 is 16.9 Å². The highest BCUT2D eigenvalue weighted by molar-refractivity contribution is 5.97. The fourth-order valence-corrected chi connectivity index (χ4v) is 1.55. The van der Waals surface area contributed by atoms with Crippen molar-refractivity contribution < 1.29 is 14.6 Å². The second-order valence-corrected chi connectivity index (χ2v) is 3.23. The van der Waals surface area contributed by atoms with Crippen molar-refractivity contribution in [3.8, 4) is 5.75 Å². The second kappa shape index (κ2) is 3.27. The van der Waals surface area contributed by atoms with Gasteiger partial charge in [0.25, 0.3) is 0 Å². The average molecular weight is 206 g/mol. The van der Waals surface area contributed by atoms with E-state index in [1.165, 1.54) is 19.2 Å². The monoisotopic (exact) mass is 206 g/mol. The van der Waals surface area contributed by atoms with Crippen LogP contribution in [0, 0.1) is 6.92 Å². The first kappa shape index (κ1) is 9.51. The van der Waals surface area contributed by atoms with Gasteiger partial charge in [-0.2, -0.15) is 5.10 Å². The zero-order valence-electron chi connectivity index (χ0n) is 8.37. The van der Waals surface area contributed by atoms with E-state index in [1.54, 1.807) is 0 Å². The molecule has 0 saturated carbocycles. The van der Waals surface area contributed by atoms with Crippen molar-refractivity contribution in [3.05, 3.63) is 23.4 Å². The smallest absolute Gasteiger partial charge is 0.335 e.